The summed E-state index contributed by atoms with van der Waals surface area (Å²) >= 11 is 0. The number of amides is 1. The summed E-state index contributed by atoms with van der Waals surface area (Å²) < 4.78 is 19.0. The van der Waals surface area contributed by atoms with Crippen molar-refractivity contribution in [3.8, 4) is 16.9 Å². The monoisotopic (exact) mass is 434 g/mol. The van der Waals surface area contributed by atoms with Gasteiger partial charge in [-0.15, -0.1) is 0 Å². The predicted octanol–water partition coefficient (Wildman–Crippen LogP) is 4.21. The van der Waals surface area contributed by atoms with E-state index in [4.69, 9.17) is 10.5 Å². The molecule has 2 heterocycles. The number of ether oxygens (including phenoxy) is 1. The maximum absolute atomic E-state index is 13.8. The lowest BCUT2D eigenvalue weighted by atomic mass is 9.89. The topological polar surface area (TPSA) is 81.3 Å². The first kappa shape index (κ1) is 21.7. The van der Waals surface area contributed by atoms with Crippen LogP contribution in [-0.4, -0.2) is 41.0 Å². The van der Waals surface area contributed by atoms with Crippen molar-refractivity contribution < 1.29 is 13.9 Å². The number of nitrogens with zero attached hydrogens (tertiary/aromatic N) is 3. The second-order valence-electron chi connectivity index (χ2n) is 8.06. The molecule has 6 nitrogen and oxygen atoms in total. The summed E-state index contributed by atoms with van der Waals surface area (Å²) in [6.07, 6.45) is 4.55. The first-order valence-electron chi connectivity index (χ1n) is 10.8. The van der Waals surface area contributed by atoms with Crippen molar-refractivity contribution in [3.63, 3.8) is 0 Å². The van der Waals surface area contributed by atoms with Gasteiger partial charge < -0.3 is 15.4 Å². The highest BCUT2D eigenvalue weighted by molar-refractivity contribution is 5.77. The van der Waals surface area contributed by atoms with Crippen LogP contribution in [0.1, 0.15) is 36.4 Å². The Labute approximate surface area is 187 Å². The van der Waals surface area contributed by atoms with E-state index in [1.54, 1.807) is 19.4 Å². The zero-order valence-electron chi connectivity index (χ0n) is 18.1. The van der Waals surface area contributed by atoms with E-state index in [9.17, 15) is 9.18 Å². The molecule has 0 radical (unpaired) electrons. The molecule has 0 saturated carbocycles. The number of carbonyl (C=O) groups is 1. The maximum Gasteiger partial charge on any atom is 0.222 e. The Balaban J connectivity index is 1.47. The Hall–Kier alpha value is -3.48. The Morgan fingerprint density at radius 3 is 2.81 bits per heavy atom. The lowest BCUT2D eigenvalue weighted by molar-refractivity contribution is -0.132. The van der Waals surface area contributed by atoms with Crippen molar-refractivity contribution in [1.82, 2.24) is 14.9 Å². The molecule has 1 aliphatic rings. The molecule has 0 unspecified atom stereocenters. The van der Waals surface area contributed by atoms with E-state index in [2.05, 4.69) is 9.97 Å². The summed E-state index contributed by atoms with van der Waals surface area (Å²) in [4.78, 5) is 23.5. The van der Waals surface area contributed by atoms with Crippen molar-refractivity contribution in [3.05, 3.63) is 71.8 Å². The number of methoxy groups -OCH3 is 1. The van der Waals surface area contributed by atoms with Gasteiger partial charge in [0.05, 0.1) is 12.8 Å². The highest BCUT2D eigenvalue weighted by Gasteiger charge is 2.28. The molecule has 1 amide bonds. The SMILES string of the molecule is COc1ccc(CCC(=O)N2CCC[C@H](c3nc(N)ncc3-c3cccc(F)c3)C2)cc1. The van der Waals surface area contributed by atoms with Gasteiger partial charge in [-0.2, -0.15) is 0 Å². The van der Waals surface area contributed by atoms with Gasteiger partial charge >= 0.3 is 0 Å². The second-order valence-corrected chi connectivity index (χ2v) is 8.06. The Morgan fingerprint density at radius 2 is 2.06 bits per heavy atom. The largest absolute Gasteiger partial charge is 0.497 e. The molecule has 7 heteroatoms. The fourth-order valence-corrected chi connectivity index (χ4v) is 4.23. The Morgan fingerprint density at radius 1 is 1.25 bits per heavy atom. The second kappa shape index (κ2) is 9.77. The van der Waals surface area contributed by atoms with Crippen LogP contribution in [0.2, 0.25) is 0 Å². The fraction of sp³-hybridized carbons (Fsp3) is 0.320. The Bertz CT molecular complexity index is 1090. The molecular weight excluding hydrogens is 407 g/mol. The molecule has 3 aromatic rings. The van der Waals surface area contributed by atoms with Crippen molar-refractivity contribution in [2.45, 2.75) is 31.6 Å². The lowest BCUT2D eigenvalue weighted by Crippen LogP contribution is -2.39. The number of nitrogens with two attached hydrogens (primary N) is 1. The zero-order chi connectivity index (χ0) is 22.5. The van der Waals surface area contributed by atoms with Crippen molar-refractivity contribution in [2.75, 3.05) is 25.9 Å². The molecule has 2 aromatic carbocycles. The molecule has 1 fully saturated rings. The maximum atomic E-state index is 13.8. The third kappa shape index (κ3) is 5.04. The number of piperidine rings is 1. The van der Waals surface area contributed by atoms with Gasteiger partial charge in [0.25, 0.3) is 0 Å². The summed E-state index contributed by atoms with van der Waals surface area (Å²) in [5.74, 6) is 0.821. The number of carbonyl (C=O) groups excluding carboxylic acids is 1. The third-order valence-electron chi connectivity index (χ3n) is 5.92. The van der Waals surface area contributed by atoms with Gasteiger partial charge in [0, 0.05) is 37.2 Å². The number of rotatable bonds is 6. The number of likely N-dealkylation sites (tertiary alicyclic amines) is 1. The van der Waals surface area contributed by atoms with Gasteiger partial charge in [0.15, 0.2) is 0 Å². The minimum atomic E-state index is -0.316. The predicted molar refractivity (Wildman–Crippen MR) is 122 cm³/mol. The number of halogens is 1. The minimum absolute atomic E-state index is 0.0252. The van der Waals surface area contributed by atoms with Crippen LogP contribution in [0.5, 0.6) is 5.75 Å². The smallest absolute Gasteiger partial charge is 0.222 e. The van der Waals surface area contributed by atoms with Crippen LogP contribution >= 0.6 is 0 Å². The first-order chi connectivity index (χ1) is 15.5. The fourth-order valence-electron chi connectivity index (χ4n) is 4.23. The molecule has 2 N–H and O–H groups in total. The highest BCUT2D eigenvalue weighted by atomic mass is 19.1. The van der Waals surface area contributed by atoms with Gasteiger partial charge in [-0.25, -0.2) is 14.4 Å². The van der Waals surface area contributed by atoms with E-state index in [0.29, 0.717) is 24.9 Å². The number of hydrogen-bond acceptors (Lipinski definition) is 5. The van der Waals surface area contributed by atoms with Crippen molar-refractivity contribution in [2.24, 2.45) is 0 Å². The number of aryl methyl sites for hydroxylation is 1. The molecule has 166 valence electrons. The summed E-state index contributed by atoms with van der Waals surface area (Å²) in [6.45, 7) is 1.30. The van der Waals surface area contributed by atoms with Crippen LogP contribution in [0.4, 0.5) is 10.3 Å². The number of benzene rings is 2. The van der Waals surface area contributed by atoms with Gasteiger partial charge in [0.1, 0.15) is 11.6 Å². The average molecular weight is 435 g/mol. The summed E-state index contributed by atoms with van der Waals surface area (Å²) in [5, 5.41) is 0. The molecule has 0 bridgehead atoms. The van der Waals surface area contributed by atoms with Crippen LogP contribution < -0.4 is 10.5 Å². The summed E-state index contributed by atoms with van der Waals surface area (Å²) in [5.41, 5.74) is 9.23. The lowest BCUT2D eigenvalue weighted by Gasteiger charge is -2.33. The third-order valence-corrected chi connectivity index (χ3v) is 5.92. The molecule has 32 heavy (non-hydrogen) atoms. The quantitative estimate of drug-likeness (QED) is 0.628. The van der Waals surface area contributed by atoms with Crippen LogP contribution in [0.15, 0.2) is 54.7 Å². The van der Waals surface area contributed by atoms with Crippen LogP contribution in [0.25, 0.3) is 11.1 Å². The van der Waals surface area contributed by atoms with Gasteiger partial charge in [-0.3, -0.25) is 4.79 Å². The van der Waals surface area contributed by atoms with Crippen molar-refractivity contribution >= 4 is 11.9 Å². The van der Waals surface area contributed by atoms with E-state index in [1.807, 2.05) is 35.2 Å². The molecular formula is C25H27FN4O2. The average Bonchev–Trinajstić information content (AvgIpc) is 2.83. The number of nitrogen functional groups attached to an aromatic ring is 1. The minimum Gasteiger partial charge on any atom is -0.497 e. The number of aromatic nitrogens is 2. The van der Waals surface area contributed by atoms with Crippen LogP contribution in [0, 0.1) is 5.82 Å². The van der Waals surface area contributed by atoms with E-state index in [0.717, 1.165) is 42.0 Å². The van der Waals surface area contributed by atoms with Gasteiger partial charge in [0.2, 0.25) is 11.9 Å². The van der Waals surface area contributed by atoms with Crippen molar-refractivity contribution in [1.29, 1.82) is 0 Å². The molecule has 1 aliphatic heterocycles. The normalized spacial score (nSPS) is 16.1. The zero-order valence-corrected chi connectivity index (χ0v) is 18.1. The van der Waals surface area contributed by atoms with E-state index >= 15 is 0 Å². The highest BCUT2D eigenvalue weighted by Crippen LogP contribution is 2.33. The van der Waals surface area contributed by atoms with Crippen LogP contribution in [0.3, 0.4) is 0 Å². The Kier molecular flexibility index (Phi) is 6.63. The molecule has 1 atom stereocenters. The molecule has 1 aromatic heterocycles. The standard InChI is InChI=1S/C25H27FN4O2/c1-32-21-10-7-17(8-11-21)9-12-23(31)30-13-3-5-19(16-30)24-22(15-28-25(27)29-24)18-4-2-6-20(26)14-18/h2,4,6-8,10-11,14-15,19H,3,5,9,12-13,16H2,1H3,(H2,27,28,29)/t19-/m0/s1. The molecule has 1 saturated heterocycles. The number of anilines is 1. The molecule has 4 rings (SSSR count). The van der Waals surface area contributed by atoms with E-state index in [-0.39, 0.29) is 23.6 Å². The summed E-state index contributed by atoms with van der Waals surface area (Å²) in [7, 11) is 1.64. The molecule has 0 spiro atoms. The van der Waals surface area contributed by atoms with Gasteiger partial charge in [-0.05, 0) is 54.7 Å². The van der Waals surface area contributed by atoms with E-state index < -0.39 is 0 Å². The van der Waals surface area contributed by atoms with Gasteiger partial charge in [-0.1, -0.05) is 24.3 Å². The first-order valence-corrected chi connectivity index (χ1v) is 10.8. The summed E-state index contributed by atoms with van der Waals surface area (Å²) in [6, 6.07) is 14.2. The molecule has 0 aliphatic carbocycles. The number of hydrogen-bond donors (Lipinski definition) is 1. The van der Waals surface area contributed by atoms with Crippen LogP contribution in [-0.2, 0) is 11.2 Å². The van der Waals surface area contributed by atoms with E-state index in [1.165, 1.54) is 12.1 Å².